The quantitative estimate of drug-likeness (QED) is 0.249. The summed E-state index contributed by atoms with van der Waals surface area (Å²) in [6.07, 6.45) is 1.82. The lowest BCUT2D eigenvalue weighted by Gasteiger charge is -2.35. The molecule has 0 bridgehead atoms. The van der Waals surface area contributed by atoms with Crippen molar-refractivity contribution in [1.29, 1.82) is 0 Å². The van der Waals surface area contributed by atoms with Gasteiger partial charge in [0.2, 0.25) is 0 Å². The Hall–Kier alpha value is -3.61. The van der Waals surface area contributed by atoms with Gasteiger partial charge in [-0.3, -0.25) is 4.79 Å². The van der Waals surface area contributed by atoms with Crippen molar-refractivity contribution in [3.63, 3.8) is 0 Å². The first kappa shape index (κ1) is 23.1. The number of hydrogen-bond donors (Lipinski definition) is 0. The molecular formula is C29H28FN3O2. The van der Waals surface area contributed by atoms with E-state index in [2.05, 4.69) is 0 Å². The predicted molar refractivity (Wildman–Crippen MR) is 136 cm³/mol. The Bertz CT molecular complexity index is 1380. The van der Waals surface area contributed by atoms with Crippen LogP contribution in [0, 0.1) is 11.0 Å². The number of amides is 1. The van der Waals surface area contributed by atoms with Gasteiger partial charge in [0, 0.05) is 29.1 Å². The first-order valence-electron chi connectivity index (χ1n) is 11.9. The minimum Gasteiger partial charge on any atom is -0.633 e. The molecule has 1 aliphatic carbocycles. The second-order valence-corrected chi connectivity index (χ2v) is 9.72. The van der Waals surface area contributed by atoms with Crippen molar-refractivity contribution in [3.8, 4) is 11.3 Å². The maximum absolute atomic E-state index is 14.3. The van der Waals surface area contributed by atoms with E-state index in [1.54, 1.807) is 20.2 Å². The molecule has 0 aliphatic heterocycles. The number of halogens is 1. The van der Waals surface area contributed by atoms with E-state index in [1.165, 1.54) is 12.1 Å². The summed E-state index contributed by atoms with van der Waals surface area (Å²) in [5.74, 6) is -0.464. The Kier molecular flexibility index (Phi) is 6.09. The molecular weight excluding hydrogens is 441 g/mol. The van der Waals surface area contributed by atoms with Crippen LogP contribution in [-0.4, -0.2) is 40.6 Å². The van der Waals surface area contributed by atoms with Crippen LogP contribution >= 0.6 is 0 Å². The number of hydrogen-bond acceptors (Lipinski definition) is 3. The molecule has 0 unspecified atom stereocenters. The van der Waals surface area contributed by atoms with Gasteiger partial charge >= 0.3 is 0 Å². The Morgan fingerprint density at radius 1 is 1.03 bits per heavy atom. The van der Waals surface area contributed by atoms with Crippen LogP contribution in [0.1, 0.15) is 34.3 Å². The second-order valence-electron chi connectivity index (χ2n) is 9.72. The van der Waals surface area contributed by atoms with Gasteiger partial charge < -0.3 is 14.8 Å². The van der Waals surface area contributed by atoms with Gasteiger partial charge in [-0.25, -0.2) is 9.37 Å². The molecule has 1 amide bonds. The fourth-order valence-electron chi connectivity index (χ4n) is 4.59. The van der Waals surface area contributed by atoms with Crippen LogP contribution in [0.3, 0.4) is 0 Å². The van der Waals surface area contributed by atoms with Gasteiger partial charge in [-0.1, -0.05) is 60.7 Å². The van der Waals surface area contributed by atoms with Crippen LogP contribution < -0.4 is 0 Å². The third-order valence-corrected chi connectivity index (χ3v) is 6.28. The largest absolute Gasteiger partial charge is 0.633 e. The van der Waals surface area contributed by atoms with E-state index in [1.807, 2.05) is 65.6 Å². The van der Waals surface area contributed by atoms with Crippen LogP contribution in [0.4, 0.5) is 4.39 Å². The van der Waals surface area contributed by atoms with Gasteiger partial charge in [-0.15, -0.1) is 0 Å². The number of fused-ring (bicyclic) bond motifs is 1. The number of pyridine rings is 1. The zero-order valence-electron chi connectivity index (χ0n) is 19.9. The van der Waals surface area contributed by atoms with E-state index in [0.29, 0.717) is 28.9 Å². The molecule has 35 heavy (non-hydrogen) atoms. The summed E-state index contributed by atoms with van der Waals surface area (Å²) in [7, 11) is 3.15. The molecule has 1 saturated carbocycles. The average Bonchev–Trinajstić information content (AvgIpc) is 3.67. The smallest absolute Gasteiger partial charge is 0.255 e. The number of carbonyl (C=O) groups excluding carboxylic acids is 1. The monoisotopic (exact) mass is 469 g/mol. The van der Waals surface area contributed by atoms with Crippen molar-refractivity contribution >= 4 is 16.8 Å². The normalized spacial score (nSPS) is 13.7. The number of benzene rings is 3. The predicted octanol–water partition coefficient (Wildman–Crippen LogP) is 5.92. The highest BCUT2D eigenvalue weighted by Gasteiger charge is 2.36. The summed E-state index contributed by atoms with van der Waals surface area (Å²) < 4.78 is 13.3. The Morgan fingerprint density at radius 3 is 2.43 bits per heavy atom. The molecule has 6 heteroatoms. The highest BCUT2D eigenvalue weighted by Crippen LogP contribution is 2.36. The van der Waals surface area contributed by atoms with Crippen LogP contribution in [0.5, 0.6) is 0 Å². The molecule has 1 heterocycles. The lowest BCUT2D eigenvalue weighted by atomic mass is 9.95. The molecule has 5 rings (SSSR count). The minimum atomic E-state index is -0.590. The molecule has 3 aromatic carbocycles. The number of hydroxylamine groups is 3. The van der Waals surface area contributed by atoms with E-state index in [4.69, 9.17) is 4.98 Å². The van der Waals surface area contributed by atoms with Gasteiger partial charge in [0.05, 0.1) is 30.9 Å². The van der Waals surface area contributed by atoms with E-state index in [9.17, 15) is 14.4 Å². The molecule has 0 N–H and O–H groups in total. The molecule has 1 aliphatic rings. The molecule has 0 saturated heterocycles. The number of para-hydroxylation sites is 1. The molecule has 1 aromatic heterocycles. The van der Waals surface area contributed by atoms with Gasteiger partial charge in [-0.2, -0.15) is 0 Å². The average molecular weight is 470 g/mol. The molecule has 0 spiro atoms. The molecule has 4 aromatic rings. The standard InChI is InChI=1S/C29H28FN3O2/c1-33(2,35)19-25-27(29(34)32(23-15-16-23)18-20-9-8-12-22(30)17-20)24-13-6-7-14-26(24)31-28(25)21-10-4-3-5-11-21/h3-14,17,23H,15-16,18-19H2,1-2H3. The Balaban J connectivity index is 1.71. The molecule has 0 radical (unpaired) electrons. The van der Waals surface area contributed by atoms with Gasteiger partial charge in [-0.05, 0) is 36.6 Å². The molecule has 5 nitrogen and oxygen atoms in total. The minimum absolute atomic E-state index is 0.0977. The van der Waals surface area contributed by atoms with Crippen molar-refractivity contribution in [2.24, 2.45) is 0 Å². The maximum Gasteiger partial charge on any atom is 0.255 e. The first-order valence-corrected chi connectivity index (χ1v) is 11.9. The molecule has 178 valence electrons. The van der Waals surface area contributed by atoms with E-state index >= 15 is 0 Å². The highest BCUT2D eigenvalue weighted by atomic mass is 19.1. The van der Waals surface area contributed by atoms with Gasteiger partial charge in [0.15, 0.2) is 0 Å². The van der Waals surface area contributed by atoms with Crippen molar-refractivity contribution in [3.05, 3.63) is 107 Å². The summed E-state index contributed by atoms with van der Waals surface area (Å²) >= 11 is 0. The highest BCUT2D eigenvalue weighted by molar-refractivity contribution is 6.09. The van der Waals surface area contributed by atoms with Crippen molar-refractivity contribution < 1.29 is 13.8 Å². The van der Waals surface area contributed by atoms with Crippen molar-refractivity contribution in [1.82, 2.24) is 9.88 Å². The van der Waals surface area contributed by atoms with Crippen LogP contribution in [0.25, 0.3) is 22.2 Å². The zero-order valence-corrected chi connectivity index (χ0v) is 19.9. The summed E-state index contributed by atoms with van der Waals surface area (Å²) in [4.78, 5) is 21.1. The summed E-state index contributed by atoms with van der Waals surface area (Å²) in [6, 6.07) is 23.7. The Labute approximate surface area is 204 Å². The van der Waals surface area contributed by atoms with Gasteiger partial charge in [0.1, 0.15) is 12.4 Å². The van der Waals surface area contributed by atoms with Crippen molar-refractivity contribution in [2.75, 3.05) is 14.1 Å². The summed E-state index contributed by atoms with van der Waals surface area (Å²) in [5.41, 5.74) is 4.11. The second kappa shape index (κ2) is 9.21. The van der Waals surface area contributed by atoms with E-state index in [0.717, 1.165) is 29.4 Å². The van der Waals surface area contributed by atoms with Crippen LogP contribution in [0.2, 0.25) is 0 Å². The SMILES string of the molecule is C[N+](C)([O-])Cc1c(-c2ccccc2)nc2ccccc2c1C(=O)N(Cc1cccc(F)c1)C1CC1. The summed E-state index contributed by atoms with van der Waals surface area (Å²) in [6.45, 7) is 0.412. The molecule has 1 fully saturated rings. The third kappa shape index (κ3) is 5.09. The maximum atomic E-state index is 14.3. The van der Waals surface area contributed by atoms with Crippen molar-refractivity contribution in [2.45, 2.75) is 32.0 Å². The Morgan fingerprint density at radius 2 is 1.74 bits per heavy atom. The fraction of sp³-hybridized carbons (Fsp3) is 0.241. The molecule has 0 atom stereocenters. The summed E-state index contributed by atoms with van der Waals surface area (Å²) in [5, 5.41) is 13.7. The lowest BCUT2D eigenvalue weighted by Crippen LogP contribution is -2.36. The topological polar surface area (TPSA) is 56.3 Å². The van der Waals surface area contributed by atoms with Gasteiger partial charge in [0.25, 0.3) is 5.91 Å². The number of rotatable bonds is 7. The number of nitrogens with zero attached hydrogens (tertiary/aromatic N) is 3. The zero-order chi connectivity index (χ0) is 24.6. The van der Waals surface area contributed by atoms with Crippen LogP contribution in [-0.2, 0) is 13.1 Å². The number of quaternary nitrogens is 1. The van der Waals surface area contributed by atoms with E-state index in [-0.39, 0.29) is 24.3 Å². The number of carbonyl (C=O) groups is 1. The first-order chi connectivity index (χ1) is 16.8. The fourth-order valence-corrected chi connectivity index (χ4v) is 4.59. The lowest BCUT2D eigenvalue weighted by molar-refractivity contribution is -0.853. The third-order valence-electron chi connectivity index (χ3n) is 6.28. The van der Waals surface area contributed by atoms with Crippen LogP contribution in [0.15, 0.2) is 78.9 Å². The van der Waals surface area contributed by atoms with E-state index < -0.39 is 4.65 Å². The number of aromatic nitrogens is 1.